The van der Waals surface area contributed by atoms with E-state index in [4.69, 9.17) is 24.7 Å². The Bertz CT molecular complexity index is 427. The van der Waals surface area contributed by atoms with Gasteiger partial charge in [0.15, 0.2) is 0 Å². The number of rotatable bonds is 16. The van der Waals surface area contributed by atoms with Gasteiger partial charge in [0.25, 0.3) is 0 Å². The largest absolute Gasteiger partial charge is 0.461 e. The van der Waals surface area contributed by atoms with Crippen molar-refractivity contribution in [1.82, 2.24) is 0 Å². The molecule has 0 spiro atoms. The Kier molecular flexibility index (Phi) is 13.8. The molecule has 1 rings (SSSR count). The van der Waals surface area contributed by atoms with Gasteiger partial charge in [-0.25, -0.2) is 0 Å². The maximum absolute atomic E-state index is 11.6. The van der Waals surface area contributed by atoms with Gasteiger partial charge in [-0.2, -0.15) is 0 Å². The lowest BCUT2D eigenvalue weighted by Crippen LogP contribution is -2.13. The van der Waals surface area contributed by atoms with E-state index in [1.807, 2.05) is 30.3 Å². The first-order valence-corrected chi connectivity index (χ1v) is 8.96. The monoisotopic (exact) mass is 353 g/mol. The molecule has 1 aromatic carbocycles. The van der Waals surface area contributed by atoms with E-state index in [0.717, 1.165) is 24.8 Å². The zero-order valence-corrected chi connectivity index (χ0v) is 15.0. The average Bonchev–Trinajstić information content (AvgIpc) is 2.64. The predicted octanol–water partition coefficient (Wildman–Crippen LogP) is 2.30. The van der Waals surface area contributed by atoms with Crippen LogP contribution in [0.4, 0.5) is 0 Å². The lowest BCUT2D eigenvalue weighted by atomic mass is 10.2. The summed E-state index contributed by atoms with van der Waals surface area (Å²) in [6.07, 6.45) is 3.17. The second-order valence-corrected chi connectivity index (χ2v) is 5.58. The highest BCUT2D eigenvalue weighted by atomic mass is 16.5. The Morgan fingerprint density at radius 2 is 1.44 bits per heavy atom. The van der Waals surface area contributed by atoms with Crippen LogP contribution in [0.5, 0.6) is 0 Å². The molecule has 6 heteroatoms. The SMILES string of the molecule is NCCOCCOCCOCCCCCC(=O)OCc1ccccc1. The minimum atomic E-state index is -0.143. The third-order valence-electron chi connectivity index (χ3n) is 3.42. The maximum Gasteiger partial charge on any atom is 0.306 e. The van der Waals surface area contributed by atoms with E-state index in [1.54, 1.807) is 0 Å². The summed E-state index contributed by atoms with van der Waals surface area (Å²) in [6.45, 7) is 4.42. The number of esters is 1. The minimum Gasteiger partial charge on any atom is -0.461 e. The second-order valence-electron chi connectivity index (χ2n) is 5.58. The van der Waals surface area contributed by atoms with Crippen molar-refractivity contribution in [2.75, 3.05) is 46.2 Å². The van der Waals surface area contributed by atoms with Gasteiger partial charge in [0.05, 0.1) is 33.0 Å². The van der Waals surface area contributed by atoms with Crippen LogP contribution < -0.4 is 5.73 Å². The zero-order valence-electron chi connectivity index (χ0n) is 15.0. The van der Waals surface area contributed by atoms with Crippen molar-refractivity contribution in [2.45, 2.75) is 32.3 Å². The van der Waals surface area contributed by atoms with Gasteiger partial charge >= 0.3 is 5.97 Å². The standard InChI is InChI=1S/C19H31NO5/c20-10-12-23-14-16-24-15-13-22-11-6-2-5-9-19(21)25-17-18-7-3-1-4-8-18/h1,3-4,7-8H,2,5-6,9-17,20H2. The summed E-state index contributed by atoms with van der Waals surface area (Å²) in [5, 5.41) is 0. The molecule has 0 atom stereocenters. The molecular weight excluding hydrogens is 322 g/mol. The van der Waals surface area contributed by atoms with Gasteiger partial charge in [0.1, 0.15) is 6.61 Å². The first kappa shape index (κ1) is 21.6. The fourth-order valence-corrected chi connectivity index (χ4v) is 2.09. The van der Waals surface area contributed by atoms with E-state index in [1.165, 1.54) is 0 Å². The number of unbranched alkanes of at least 4 members (excludes halogenated alkanes) is 2. The van der Waals surface area contributed by atoms with Crippen LogP contribution in [0.3, 0.4) is 0 Å². The molecule has 1 aromatic rings. The molecule has 0 fully saturated rings. The van der Waals surface area contributed by atoms with Crippen LogP contribution in [0, 0.1) is 0 Å². The lowest BCUT2D eigenvalue weighted by molar-refractivity contribution is -0.145. The Morgan fingerprint density at radius 1 is 0.800 bits per heavy atom. The zero-order chi connectivity index (χ0) is 18.0. The van der Waals surface area contributed by atoms with Gasteiger partial charge in [-0.3, -0.25) is 4.79 Å². The second kappa shape index (κ2) is 16.0. The summed E-state index contributed by atoms with van der Waals surface area (Å²) >= 11 is 0. The maximum atomic E-state index is 11.6. The third kappa shape index (κ3) is 13.5. The van der Waals surface area contributed by atoms with E-state index in [-0.39, 0.29) is 5.97 Å². The summed E-state index contributed by atoms with van der Waals surface area (Å²) in [6, 6.07) is 9.70. The van der Waals surface area contributed by atoms with Crippen molar-refractivity contribution in [3.63, 3.8) is 0 Å². The quantitative estimate of drug-likeness (QED) is 0.363. The lowest BCUT2D eigenvalue weighted by Gasteiger charge is -2.07. The molecule has 0 aliphatic heterocycles. The molecule has 6 nitrogen and oxygen atoms in total. The summed E-state index contributed by atoms with van der Waals surface area (Å²) in [7, 11) is 0. The Balaban J connectivity index is 1.80. The predicted molar refractivity (Wildman–Crippen MR) is 96.2 cm³/mol. The average molecular weight is 353 g/mol. The number of hydrogen-bond acceptors (Lipinski definition) is 6. The molecule has 0 aliphatic carbocycles. The smallest absolute Gasteiger partial charge is 0.306 e. The van der Waals surface area contributed by atoms with Crippen LogP contribution in [-0.4, -0.2) is 52.2 Å². The number of nitrogens with two attached hydrogens (primary N) is 1. The number of ether oxygens (including phenoxy) is 4. The molecule has 142 valence electrons. The van der Waals surface area contributed by atoms with Gasteiger partial charge in [-0.15, -0.1) is 0 Å². The Morgan fingerprint density at radius 3 is 2.12 bits per heavy atom. The van der Waals surface area contributed by atoms with Crippen molar-refractivity contribution in [3.05, 3.63) is 35.9 Å². The fourth-order valence-electron chi connectivity index (χ4n) is 2.09. The van der Waals surface area contributed by atoms with Crippen molar-refractivity contribution in [1.29, 1.82) is 0 Å². The van der Waals surface area contributed by atoms with Crippen LogP contribution in [0.2, 0.25) is 0 Å². The number of carbonyl (C=O) groups excluding carboxylic acids is 1. The summed E-state index contributed by atoms with van der Waals surface area (Å²) < 4.78 is 21.2. The number of hydrogen-bond donors (Lipinski definition) is 1. The molecule has 2 N–H and O–H groups in total. The van der Waals surface area contributed by atoms with Gasteiger partial charge in [-0.05, 0) is 18.4 Å². The topological polar surface area (TPSA) is 80.0 Å². The van der Waals surface area contributed by atoms with Crippen molar-refractivity contribution in [2.24, 2.45) is 5.73 Å². The molecule has 0 saturated heterocycles. The van der Waals surface area contributed by atoms with Crippen LogP contribution in [0.25, 0.3) is 0 Å². The van der Waals surface area contributed by atoms with E-state index >= 15 is 0 Å². The normalized spacial score (nSPS) is 10.8. The van der Waals surface area contributed by atoms with E-state index in [9.17, 15) is 4.79 Å². The summed E-state index contributed by atoms with van der Waals surface area (Å²) in [5.41, 5.74) is 6.31. The molecule has 0 unspecified atom stereocenters. The van der Waals surface area contributed by atoms with E-state index in [0.29, 0.717) is 59.2 Å². The van der Waals surface area contributed by atoms with Gasteiger partial charge < -0.3 is 24.7 Å². The summed E-state index contributed by atoms with van der Waals surface area (Å²) in [5.74, 6) is -0.143. The number of benzene rings is 1. The Hall–Kier alpha value is -1.47. The molecule has 0 saturated carbocycles. The summed E-state index contributed by atoms with van der Waals surface area (Å²) in [4.78, 5) is 11.6. The third-order valence-corrected chi connectivity index (χ3v) is 3.42. The van der Waals surface area contributed by atoms with E-state index < -0.39 is 0 Å². The van der Waals surface area contributed by atoms with Crippen LogP contribution >= 0.6 is 0 Å². The molecule has 0 radical (unpaired) electrons. The highest BCUT2D eigenvalue weighted by molar-refractivity contribution is 5.69. The van der Waals surface area contributed by atoms with Gasteiger partial charge in [0, 0.05) is 19.6 Å². The highest BCUT2D eigenvalue weighted by Crippen LogP contribution is 2.05. The molecule has 0 bridgehead atoms. The Labute approximate surface area is 150 Å². The minimum absolute atomic E-state index is 0.143. The molecule has 25 heavy (non-hydrogen) atoms. The van der Waals surface area contributed by atoms with Crippen molar-refractivity contribution >= 4 is 5.97 Å². The number of carbonyl (C=O) groups is 1. The molecule has 0 amide bonds. The highest BCUT2D eigenvalue weighted by Gasteiger charge is 2.03. The van der Waals surface area contributed by atoms with Crippen molar-refractivity contribution in [3.8, 4) is 0 Å². The molecular formula is C19H31NO5. The van der Waals surface area contributed by atoms with Gasteiger partial charge in [0.2, 0.25) is 0 Å². The van der Waals surface area contributed by atoms with Crippen LogP contribution in [0.15, 0.2) is 30.3 Å². The molecule has 0 heterocycles. The van der Waals surface area contributed by atoms with E-state index in [2.05, 4.69) is 0 Å². The van der Waals surface area contributed by atoms with Gasteiger partial charge in [-0.1, -0.05) is 36.8 Å². The van der Waals surface area contributed by atoms with Crippen LogP contribution in [0.1, 0.15) is 31.2 Å². The molecule has 0 aliphatic rings. The first-order chi connectivity index (χ1) is 12.3. The first-order valence-electron chi connectivity index (χ1n) is 8.96. The fraction of sp³-hybridized carbons (Fsp3) is 0.632. The molecule has 0 aromatic heterocycles. The van der Waals surface area contributed by atoms with Crippen molar-refractivity contribution < 1.29 is 23.7 Å². The van der Waals surface area contributed by atoms with Crippen LogP contribution in [-0.2, 0) is 30.3 Å².